The summed E-state index contributed by atoms with van der Waals surface area (Å²) in [7, 11) is 2.48. The number of hydrogen-bond acceptors (Lipinski definition) is 16. The standard InChI is InChI=1S/C52H75N11O13S2/c1-5-28(2)40-47(73)59-41(29(3)64)48(74)57-35(25-38(54)67)45(71)58-36(27-77-78-52(21-7-6-8-22-52)26-39(68)62-51(4,50(76)61-40)31-15-19-33(66)20-16-31)49(75)63-24-10-12-37(63)46(72)56-34(11-9-23-53)44(70)60-42(43(55)69)30-13-17-32(65)18-14-30/h13-20,28-29,34-37,40-42,64-66H,5-12,21-27,53H2,1-4H3,(H2,54,67)(H2,55,69)(H,56,72)(H,57,74)(H,58,71)(H,59,73)(H,60,70)(H,61,76)(H,62,68)/t28-,29-,34+,35-,36-,37-,40-,41-,42+,51-/m1/s1. The molecule has 0 bridgehead atoms. The number of aliphatic hydroxyl groups is 1. The van der Waals surface area contributed by atoms with Crippen LogP contribution in [0.3, 0.4) is 0 Å². The molecule has 2 aliphatic heterocycles. The summed E-state index contributed by atoms with van der Waals surface area (Å²) in [5.74, 6) is -9.67. The summed E-state index contributed by atoms with van der Waals surface area (Å²) in [4.78, 5) is 141. The molecular formula is C52H75N11O13S2. The fourth-order valence-electron chi connectivity index (χ4n) is 9.73. The summed E-state index contributed by atoms with van der Waals surface area (Å²) in [6, 6.07) is 0.832. The van der Waals surface area contributed by atoms with Crippen LogP contribution >= 0.6 is 21.6 Å². The van der Waals surface area contributed by atoms with Crippen LogP contribution in [-0.2, 0) is 53.5 Å². The van der Waals surface area contributed by atoms with Gasteiger partial charge < -0.3 is 74.6 Å². The highest BCUT2D eigenvalue weighted by Crippen LogP contribution is 2.48. The minimum absolute atomic E-state index is 0.0242. The van der Waals surface area contributed by atoms with Crippen molar-refractivity contribution in [1.82, 2.24) is 42.1 Å². The third-order valence-corrected chi connectivity index (χ3v) is 17.8. The third kappa shape index (κ3) is 16.5. The molecule has 2 aromatic carbocycles. The number of amides is 10. The second kappa shape index (κ2) is 28.3. The van der Waals surface area contributed by atoms with Crippen LogP contribution in [0.1, 0.15) is 122 Å². The lowest BCUT2D eigenvalue weighted by Crippen LogP contribution is -2.64. The van der Waals surface area contributed by atoms with Crippen molar-refractivity contribution >= 4 is 80.7 Å². The zero-order valence-corrected chi connectivity index (χ0v) is 46.0. The average molecular weight is 1130 g/mol. The quantitative estimate of drug-likeness (QED) is 0.0961. The van der Waals surface area contributed by atoms with Crippen LogP contribution in [0.25, 0.3) is 0 Å². The van der Waals surface area contributed by atoms with Crippen LogP contribution in [0.5, 0.6) is 11.5 Å². The van der Waals surface area contributed by atoms with Crippen LogP contribution in [0, 0.1) is 5.92 Å². The molecular weight excluding hydrogens is 1050 g/mol. The van der Waals surface area contributed by atoms with Gasteiger partial charge in [0.1, 0.15) is 59.3 Å². The first-order valence-electron chi connectivity index (χ1n) is 26.2. The van der Waals surface area contributed by atoms with Crippen molar-refractivity contribution in [2.45, 2.75) is 163 Å². The molecule has 0 radical (unpaired) electrons. The van der Waals surface area contributed by atoms with Gasteiger partial charge in [-0.2, -0.15) is 0 Å². The third-order valence-electron chi connectivity index (χ3n) is 14.5. The summed E-state index contributed by atoms with van der Waals surface area (Å²) in [5.41, 5.74) is 15.7. The second-order valence-corrected chi connectivity index (χ2v) is 23.3. The molecule has 0 unspecified atom stereocenters. The lowest BCUT2D eigenvalue weighted by atomic mass is 9.84. The van der Waals surface area contributed by atoms with E-state index in [4.69, 9.17) is 17.2 Å². The first-order valence-corrected chi connectivity index (χ1v) is 28.5. The Bertz CT molecular complexity index is 2500. The fourth-order valence-corrected chi connectivity index (χ4v) is 13.1. The number of nitrogens with one attached hydrogen (secondary N) is 7. The van der Waals surface area contributed by atoms with Crippen molar-refractivity contribution in [1.29, 1.82) is 0 Å². The molecule has 2 aromatic rings. The number of rotatable bonds is 16. The highest BCUT2D eigenvalue weighted by molar-refractivity contribution is 8.77. The van der Waals surface area contributed by atoms with Crippen molar-refractivity contribution in [2.24, 2.45) is 23.1 Å². The van der Waals surface area contributed by atoms with E-state index in [1.165, 1.54) is 78.1 Å². The zero-order chi connectivity index (χ0) is 57.5. The Hall–Kier alpha value is -6.64. The zero-order valence-electron chi connectivity index (χ0n) is 44.3. The Labute approximate surface area is 460 Å². The van der Waals surface area contributed by atoms with Gasteiger partial charge in [-0.25, -0.2) is 0 Å². The topological polar surface area (TPSA) is 397 Å². The van der Waals surface area contributed by atoms with Crippen LogP contribution in [0.4, 0.5) is 0 Å². The highest BCUT2D eigenvalue weighted by atomic mass is 33.1. The Morgan fingerprint density at radius 1 is 0.821 bits per heavy atom. The van der Waals surface area contributed by atoms with Crippen molar-refractivity contribution in [3.63, 3.8) is 0 Å². The van der Waals surface area contributed by atoms with Gasteiger partial charge in [-0.1, -0.05) is 85.4 Å². The number of nitrogens with two attached hydrogens (primary N) is 3. The first-order chi connectivity index (χ1) is 36.9. The highest BCUT2D eigenvalue weighted by Gasteiger charge is 2.45. The molecule has 2 saturated heterocycles. The predicted octanol–water partition coefficient (Wildman–Crippen LogP) is -0.284. The lowest BCUT2D eigenvalue weighted by Gasteiger charge is -2.38. The maximum absolute atomic E-state index is 15.0. The normalized spacial score (nSPS) is 25.3. The number of primary amides is 2. The molecule has 1 aliphatic carbocycles. The molecule has 1 spiro atoms. The second-order valence-electron chi connectivity index (χ2n) is 20.5. The SMILES string of the molecule is CC[C@@H](C)[C@H]1NC(=O)[C@@](C)(c2ccc(O)cc2)NC(=O)CC2(CCCCC2)SSC[C@H](C(=O)N2CCC[C@@H]2C(=O)N[C@@H](CCCN)C(=O)N[C@H](C(N)=O)c2ccc(O)cc2)NC(=O)[C@@H](CC(N)=O)NC(=O)[C@@H]([C@@H](C)O)NC1=O. The Morgan fingerprint density at radius 3 is 2.04 bits per heavy atom. The molecule has 24 nitrogen and oxygen atoms in total. The number of carbonyl (C=O) groups excluding carboxylic acids is 10. The minimum atomic E-state index is -1.84. The molecule has 5 rings (SSSR count). The molecule has 10 atom stereocenters. The molecule has 26 heteroatoms. The van der Waals surface area contributed by atoms with E-state index >= 15 is 0 Å². The molecule has 3 aliphatic rings. The smallest absolute Gasteiger partial charge is 0.250 e. The molecule has 0 aromatic heterocycles. The number of carbonyl (C=O) groups is 10. The largest absolute Gasteiger partial charge is 0.508 e. The van der Waals surface area contributed by atoms with E-state index in [0.717, 1.165) is 30.1 Å². The Balaban J connectivity index is 1.51. The van der Waals surface area contributed by atoms with Crippen LogP contribution in [-0.4, -0.2) is 145 Å². The lowest BCUT2D eigenvalue weighted by molar-refractivity contribution is -0.142. The van der Waals surface area contributed by atoms with Crippen LogP contribution in [0.2, 0.25) is 0 Å². The van der Waals surface area contributed by atoms with Gasteiger partial charge in [0.05, 0.1) is 12.5 Å². The molecule has 428 valence electrons. The van der Waals surface area contributed by atoms with E-state index in [2.05, 4.69) is 37.2 Å². The van der Waals surface area contributed by atoms with Gasteiger partial charge in [-0.15, -0.1) is 0 Å². The van der Waals surface area contributed by atoms with Crippen molar-refractivity contribution in [3.8, 4) is 11.5 Å². The van der Waals surface area contributed by atoms with E-state index in [-0.39, 0.29) is 67.2 Å². The van der Waals surface area contributed by atoms with E-state index in [0.29, 0.717) is 25.7 Å². The van der Waals surface area contributed by atoms with Gasteiger partial charge in [0.2, 0.25) is 53.2 Å². The number of nitrogens with zero attached hydrogens (tertiary/aromatic N) is 1. The summed E-state index contributed by atoms with van der Waals surface area (Å²) in [5, 5.41) is 49.4. The van der Waals surface area contributed by atoms with Crippen molar-refractivity contribution < 1.29 is 63.3 Å². The van der Waals surface area contributed by atoms with Crippen molar-refractivity contribution in [3.05, 3.63) is 59.7 Å². The minimum Gasteiger partial charge on any atom is -0.508 e. The summed E-state index contributed by atoms with van der Waals surface area (Å²) < 4.78 is -0.777. The summed E-state index contributed by atoms with van der Waals surface area (Å²) in [6.45, 7) is 6.24. The summed E-state index contributed by atoms with van der Waals surface area (Å²) in [6.07, 6.45) is 1.96. The van der Waals surface area contributed by atoms with Crippen LogP contribution < -0.4 is 54.4 Å². The first kappa shape index (κ1) is 62.2. The number of hydrogen-bond donors (Lipinski definition) is 13. The molecule has 10 amide bonds. The molecule has 1 saturated carbocycles. The Kier molecular flexibility index (Phi) is 22.6. The molecule has 78 heavy (non-hydrogen) atoms. The Morgan fingerprint density at radius 2 is 1.45 bits per heavy atom. The number of likely N-dealkylation sites (tertiary alicyclic amines) is 1. The average Bonchev–Trinajstić information content (AvgIpc) is 3.89. The van der Waals surface area contributed by atoms with E-state index in [1.807, 2.05) is 0 Å². The maximum Gasteiger partial charge on any atom is 0.250 e. The van der Waals surface area contributed by atoms with Gasteiger partial charge in [0.15, 0.2) is 0 Å². The van der Waals surface area contributed by atoms with E-state index in [9.17, 15) is 63.3 Å². The van der Waals surface area contributed by atoms with E-state index in [1.54, 1.807) is 13.8 Å². The number of aliphatic hydroxyl groups excluding tert-OH is 1. The summed E-state index contributed by atoms with van der Waals surface area (Å²) >= 11 is 0. The van der Waals surface area contributed by atoms with Crippen LogP contribution in [0.15, 0.2) is 48.5 Å². The monoisotopic (exact) mass is 1130 g/mol. The number of aromatic hydroxyl groups is 2. The molecule has 3 fully saturated rings. The number of benzene rings is 2. The molecule has 2 heterocycles. The van der Waals surface area contributed by atoms with Crippen molar-refractivity contribution in [2.75, 3.05) is 18.8 Å². The van der Waals surface area contributed by atoms with Gasteiger partial charge in [0.25, 0.3) is 5.91 Å². The van der Waals surface area contributed by atoms with Gasteiger partial charge in [-0.05, 0) is 100 Å². The maximum atomic E-state index is 15.0. The molecule has 16 N–H and O–H groups in total. The number of phenolic OH excluding ortho intramolecular Hbond substituents is 2. The predicted molar refractivity (Wildman–Crippen MR) is 290 cm³/mol. The van der Waals surface area contributed by atoms with E-state index < -0.39 is 130 Å². The van der Waals surface area contributed by atoms with Gasteiger partial charge in [0, 0.05) is 23.5 Å². The number of phenols is 2. The van der Waals surface area contributed by atoms with Gasteiger partial charge >= 0.3 is 0 Å². The fraction of sp³-hybridized carbons (Fsp3) is 0.577. The van der Waals surface area contributed by atoms with Gasteiger partial charge in [-0.3, -0.25) is 47.9 Å².